The first-order chi connectivity index (χ1) is 16.1. The quantitative estimate of drug-likeness (QED) is 0.391. The summed E-state index contributed by atoms with van der Waals surface area (Å²) >= 11 is 1.11. The van der Waals surface area contributed by atoms with Crippen molar-refractivity contribution in [2.24, 2.45) is 5.14 Å². The van der Waals surface area contributed by atoms with Crippen molar-refractivity contribution in [3.63, 3.8) is 0 Å². The highest BCUT2D eigenvalue weighted by molar-refractivity contribution is 7.89. The van der Waals surface area contributed by atoms with Gasteiger partial charge in [-0.1, -0.05) is 38.0 Å². The topological polar surface area (TPSA) is 140 Å². The van der Waals surface area contributed by atoms with Crippen molar-refractivity contribution in [1.82, 2.24) is 9.29 Å². The molecule has 2 aromatic carbocycles. The number of primary sulfonamides is 1. The number of sulfonamides is 2. The number of amides is 1. The lowest BCUT2D eigenvalue weighted by Gasteiger charge is -2.22. The van der Waals surface area contributed by atoms with Gasteiger partial charge >= 0.3 is 0 Å². The first-order valence-electron chi connectivity index (χ1n) is 10.9. The van der Waals surface area contributed by atoms with E-state index in [4.69, 9.17) is 5.14 Å². The van der Waals surface area contributed by atoms with Gasteiger partial charge in [-0.15, -0.1) is 0 Å². The number of nitrogens with zero attached hydrogens (tertiary/aromatic N) is 2. The molecule has 3 aromatic rings. The van der Waals surface area contributed by atoms with Gasteiger partial charge in [0, 0.05) is 18.7 Å². The van der Waals surface area contributed by atoms with Gasteiger partial charge < -0.3 is 0 Å². The number of anilines is 1. The van der Waals surface area contributed by atoms with Crippen LogP contribution in [0.25, 0.3) is 10.2 Å². The third-order valence-electron chi connectivity index (χ3n) is 5.19. The summed E-state index contributed by atoms with van der Waals surface area (Å²) in [4.78, 5) is 17.1. The predicted octanol–water partition coefficient (Wildman–Crippen LogP) is 3.79. The van der Waals surface area contributed by atoms with Crippen molar-refractivity contribution in [2.45, 2.75) is 49.3 Å². The minimum atomic E-state index is -3.85. The van der Waals surface area contributed by atoms with Crippen LogP contribution in [-0.4, -0.2) is 45.1 Å². The number of rotatable bonds is 11. The predicted molar refractivity (Wildman–Crippen MR) is 134 cm³/mol. The van der Waals surface area contributed by atoms with E-state index in [0.717, 1.165) is 37.0 Å². The number of benzene rings is 2. The smallest absolute Gasteiger partial charge is 0.257 e. The molecule has 0 aliphatic rings. The molecule has 0 saturated carbocycles. The molecule has 3 N–H and O–H groups in total. The lowest BCUT2D eigenvalue weighted by molar-refractivity contribution is 0.102. The number of carbonyl (C=O) groups excluding carboxylic acids is 1. The number of thiazole rings is 1. The van der Waals surface area contributed by atoms with Crippen LogP contribution in [0.4, 0.5) is 5.13 Å². The highest BCUT2D eigenvalue weighted by Crippen LogP contribution is 2.28. The molecule has 0 bridgehead atoms. The van der Waals surface area contributed by atoms with E-state index in [-0.39, 0.29) is 20.5 Å². The zero-order valence-electron chi connectivity index (χ0n) is 19.0. The summed E-state index contributed by atoms with van der Waals surface area (Å²) in [5, 5.41) is 8.12. The van der Waals surface area contributed by atoms with Crippen LogP contribution < -0.4 is 10.5 Å². The standard InChI is InChI=1S/C22H28N4O5S3/c1-3-5-13-26(14-6-4-2)34(30,31)17-9-7-16(8-10-17)21(27)25-22-24-19-12-11-18(33(23,28)29)15-20(19)32-22/h7-12,15H,3-6,13-14H2,1-2H3,(H2,23,28,29)(H,24,25,27). The lowest BCUT2D eigenvalue weighted by Crippen LogP contribution is -2.33. The Balaban J connectivity index is 1.76. The molecular weight excluding hydrogens is 496 g/mol. The summed E-state index contributed by atoms with van der Waals surface area (Å²) in [5.74, 6) is -0.455. The van der Waals surface area contributed by atoms with Gasteiger partial charge in [0.05, 0.1) is 20.0 Å². The molecule has 1 aromatic heterocycles. The Hall–Kier alpha value is -2.38. The van der Waals surface area contributed by atoms with Crippen LogP contribution in [0, 0.1) is 0 Å². The van der Waals surface area contributed by atoms with Crippen LogP contribution in [0.15, 0.2) is 52.3 Å². The average molecular weight is 525 g/mol. The Labute approximate surface area is 204 Å². The number of nitrogens with one attached hydrogen (secondary N) is 1. The second-order valence-corrected chi connectivity index (χ2v) is 12.3. The number of hydrogen-bond acceptors (Lipinski definition) is 7. The molecule has 3 rings (SSSR count). The molecule has 0 spiro atoms. The van der Waals surface area contributed by atoms with Gasteiger partial charge in [0.2, 0.25) is 20.0 Å². The van der Waals surface area contributed by atoms with Crippen molar-refractivity contribution < 1.29 is 21.6 Å². The summed E-state index contributed by atoms with van der Waals surface area (Å²) < 4.78 is 51.3. The van der Waals surface area contributed by atoms with Crippen LogP contribution in [0.2, 0.25) is 0 Å². The number of aromatic nitrogens is 1. The summed E-state index contributed by atoms with van der Waals surface area (Å²) in [5.41, 5.74) is 0.797. The molecular formula is C22H28N4O5S3. The molecule has 0 fully saturated rings. The van der Waals surface area contributed by atoms with Gasteiger partial charge in [-0.2, -0.15) is 4.31 Å². The number of fused-ring (bicyclic) bond motifs is 1. The van der Waals surface area contributed by atoms with Gasteiger partial charge in [-0.05, 0) is 55.3 Å². The number of unbranched alkanes of at least 4 members (excludes halogenated alkanes) is 2. The minimum absolute atomic E-state index is 0.0368. The minimum Gasteiger partial charge on any atom is -0.298 e. The van der Waals surface area contributed by atoms with Crippen LogP contribution in [0.3, 0.4) is 0 Å². The molecule has 1 amide bonds. The fourth-order valence-corrected chi connectivity index (χ4v) is 6.28. The summed E-state index contributed by atoms with van der Waals surface area (Å²) in [7, 11) is -7.49. The zero-order chi connectivity index (χ0) is 24.9. The normalized spacial score (nSPS) is 12.4. The molecule has 0 unspecified atom stereocenters. The Morgan fingerprint density at radius 1 is 0.971 bits per heavy atom. The summed E-state index contributed by atoms with van der Waals surface area (Å²) in [6, 6.07) is 10.1. The van der Waals surface area contributed by atoms with Crippen LogP contribution >= 0.6 is 11.3 Å². The SMILES string of the molecule is CCCCN(CCCC)S(=O)(=O)c1ccc(C(=O)Nc2nc3ccc(S(N)(=O)=O)cc3s2)cc1. The molecule has 12 heteroatoms. The Morgan fingerprint density at radius 3 is 2.12 bits per heavy atom. The van der Waals surface area contributed by atoms with Crippen LogP contribution in [0.1, 0.15) is 49.9 Å². The van der Waals surface area contributed by atoms with E-state index >= 15 is 0 Å². The number of carbonyl (C=O) groups is 1. The highest BCUT2D eigenvalue weighted by atomic mass is 32.2. The fourth-order valence-electron chi connectivity index (χ4n) is 3.25. The lowest BCUT2D eigenvalue weighted by atomic mass is 10.2. The van der Waals surface area contributed by atoms with E-state index in [1.54, 1.807) is 0 Å². The van der Waals surface area contributed by atoms with Crippen LogP contribution in [-0.2, 0) is 20.0 Å². The van der Waals surface area contributed by atoms with Gasteiger partial charge in [-0.25, -0.2) is 27.0 Å². The third kappa shape index (κ3) is 6.19. The van der Waals surface area contributed by atoms with E-state index in [2.05, 4.69) is 10.3 Å². The maximum atomic E-state index is 13.1. The Bertz CT molecular complexity index is 1360. The van der Waals surface area contributed by atoms with E-state index < -0.39 is 26.0 Å². The molecule has 0 aliphatic carbocycles. The second kappa shape index (κ2) is 10.9. The molecule has 184 valence electrons. The first kappa shape index (κ1) is 26.2. The van der Waals surface area contributed by atoms with Crippen molar-refractivity contribution >= 4 is 52.6 Å². The van der Waals surface area contributed by atoms with Crippen molar-refractivity contribution in [3.8, 4) is 0 Å². The molecule has 34 heavy (non-hydrogen) atoms. The number of nitrogens with two attached hydrogens (primary N) is 1. The fraction of sp³-hybridized carbons (Fsp3) is 0.364. The number of hydrogen-bond donors (Lipinski definition) is 2. The van der Waals surface area contributed by atoms with Crippen LogP contribution in [0.5, 0.6) is 0 Å². The largest absolute Gasteiger partial charge is 0.298 e. The van der Waals surface area contributed by atoms with E-state index in [0.29, 0.717) is 23.3 Å². The molecule has 1 heterocycles. The van der Waals surface area contributed by atoms with Gasteiger partial charge in [0.1, 0.15) is 0 Å². The Kier molecular flexibility index (Phi) is 8.42. The van der Waals surface area contributed by atoms with Gasteiger partial charge in [0.25, 0.3) is 5.91 Å². The second-order valence-electron chi connectivity index (χ2n) is 7.78. The van der Waals surface area contributed by atoms with Crippen molar-refractivity contribution in [3.05, 3.63) is 48.0 Å². The summed E-state index contributed by atoms with van der Waals surface area (Å²) in [6.07, 6.45) is 3.35. The zero-order valence-corrected chi connectivity index (χ0v) is 21.5. The van der Waals surface area contributed by atoms with Crippen molar-refractivity contribution in [1.29, 1.82) is 0 Å². The van der Waals surface area contributed by atoms with Gasteiger partial charge in [0.15, 0.2) is 5.13 Å². The van der Waals surface area contributed by atoms with E-state index in [1.807, 2.05) is 13.8 Å². The molecule has 0 saturated heterocycles. The monoisotopic (exact) mass is 524 g/mol. The van der Waals surface area contributed by atoms with Crippen molar-refractivity contribution in [2.75, 3.05) is 18.4 Å². The third-order valence-corrected chi connectivity index (χ3v) is 8.94. The average Bonchev–Trinajstić information content (AvgIpc) is 3.20. The molecule has 0 radical (unpaired) electrons. The van der Waals surface area contributed by atoms with Gasteiger partial charge in [-0.3, -0.25) is 10.1 Å². The maximum absolute atomic E-state index is 13.1. The Morgan fingerprint density at radius 2 is 1.56 bits per heavy atom. The summed E-state index contributed by atoms with van der Waals surface area (Å²) in [6.45, 7) is 4.96. The highest BCUT2D eigenvalue weighted by Gasteiger charge is 2.24. The van der Waals surface area contributed by atoms with E-state index in [9.17, 15) is 21.6 Å². The first-order valence-corrected chi connectivity index (χ1v) is 14.7. The molecule has 0 atom stereocenters. The maximum Gasteiger partial charge on any atom is 0.257 e. The molecule has 0 aliphatic heterocycles. The molecule has 9 nitrogen and oxygen atoms in total. The van der Waals surface area contributed by atoms with E-state index in [1.165, 1.54) is 46.8 Å².